The van der Waals surface area contributed by atoms with Crippen LogP contribution in [0.15, 0.2) is 36.5 Å². The van der Waals surface area contributed by atoms with Crippen LogP contribution in [0.1, 0.15) is 59.3 Å². The molecule has 1 saturated heterocycles. The molecule has 2 unspecified atom stereocenters. The van der Waals surface area contributed by atoms with E-state index in [2.05, 4.69) is 39.8 Å². The molecule has 1 N–H and O–H groups in total. The van der Waals surface area contributed by atoms with Crippen LogP contribution in [-0.2, 0) is 4.79 Å². The van der Waals surface area contributed by atoms with Crippen LogP contribution in [0.25, 0.3) is 11.3 Å². The lowest BCUT2D eigenvalue weighted by Crippen LogP contribution is -2.33. The van der Waals surface area contributed by atoms with Gasteiger partial charge in [-0.05, 0) is 24.3 Å². The van der Waals surface area contributed by atoms with E-state index in [1.54, 1.807) is 0 Å². The molecule has 4 heteroatoms. The zero-order chi connectivity index (χ0) is 18.4. The summed E-state index contributed by atoms with van der Waals surface area (Å²) in [6, 6.07) is 10.8. The third kappa shape index (κ3) is 4.16. The minimum atomic E-state index is 0. The fourth-order valence-electron chi connectivity index (χ4n) is 3.51. The Morgan fingerprint density at radius 3 is 2.50 bits per heavy atom. The van der Waals surface area contributed by atoms with Gasteiger partial charge in [-0.2, -0.15) is 0 Å². The van der Waals surface area contributed by atoms with Gasteiger partial charge in [-0.25, -0.2) is 4.98 Å². The van der Waals surface area contributed by atoms with Crippen molar-refractivity contribution in [2.45, 2.75) is 59.5 Å². The number of H-pyrrole nitrogens is 1. The number of aromatic nitrogens is 2. The van der Waals surface area contributed by atoms with E-state index in [0.29, 0.717) is 18.4 Å². The number of piperidine rings is 1. The molecule has 0 radical (unpaired) electrons. The molecule has 2 heterocycles. The van der Waals surface area contributed by atoms with Gasteiger partial charge in [0.1, 0.15) is 5.82 Å². The van der Waals surface area contributed by atoms with Gasteiger partial charge in [0.05, 0.1) is 17.9 Å². The molecule has 1 aliphatic heterocycles. The van der Waals surface area contributed by atoms with Crippen LogP contribution >= 0.6 is 0 Å². The van der Waals surface area contributed by atoms with Crippen molar-refractivity contribution >= 4 is 5.91 Å². The van der Waals surface area contributed by atoms with Gasteiger partial charge in [0, 0.05) is 12.5 Å². The average molecular weight is 354 g/mol. The average Bonchev–Trinajstić information content (AvgIpc) is 3.13. The minimum absolute atomic E-state index is 0. The number of nitrogens with zero attached hydrogens (tertiary/aromatic N) is 2. The standard InChI is InChI=1S/C17H19N3O.C2H6.C2H2.CH4/c1-2-16(21)20-14-8-12(14)9-15(20)17-18-10-13(19-17)11-6-4-3-5-7-11;2*1-2;/h3-7,10,12,14-15H,2,8-9H2,1H3,(H,18,19);1-2H3;1-2H;1H4/t12?,14?,15-;;;/m0.../s1. The number of likely N-dealkylation sites (tertiary alicyclic amines) is 1. The van der Waals surface area contributed by atoms with Crippen LogP contribution in [0.5, 0.6) is 0 Å². The maximum Gasteiger partial charge on any atom is 0.223 e. The molecule has 4 rings (SSSR count). The van der Waals surface area contributed by atoms with Gasteiger partial charge in [-0.3, -0.25) is 4.79 Å². The number of hydrogen-bond acceptors (Lipinski definition) is 2. The van der Waals surface area contributed by atoms with Gasteiger partial charge < -0.3 is 9.88 Å². The second-order valence-electron chi connectivity index (χ2n) is 6.02. The van der Waals surface area contributed by atoms with Crippen molar-refractivity contribution in [3.63, 3.8) is 0 Å². The molecule has 140 valence electrons. The molecule has 3 atom stereocenters. The first-order chi connectivity index (χ1) is 12.3. The smallest absolute Gasteiger partial charge is 0.223 e. The maximum absolute atomic E-state index is 12.2. The molecule has 26 heavy (non-hydrogen) atoms. The summed E-state index contributed by atoms with van der Waals surface area (Å²) in [6.07, 6.45) is 12.7. The number of fused-ring (bicyclic) bond motifs is 1. The molecule has 2 fully saturated rings. The van der Waals surface area contributed by atoms with Crippen LogP contribution in [0.2, 0.25) is 0 Å². The maximum atomic E-state index is 12.2. The number of benzene rings is 1. The second-order valence-corrected chi connectivity index (χ2v) is 6.02. The van der Waals surface area contributed by atoms with Crippen LogP contribution in [-0.4, -0.2) is 26.8 Å². The number of carbonyl (C=O) groups excluding carboxylic acids is 1. The molecule has 1 aromatic heterocycles. The van der Waals surface area contributed by atoms with Crippen molar-refractivity contribution in [1.82, 2.24) is 14.9 Å². The lowest BCUT2D eigenvalue weighted by molar-refractivity contribution is -0.133. The fourth-order valence-corrected chi connectivity index (χ4v) is 3.51. The molecule has 1 amide bonds. The van der Waals surface area contributed by atoms with Crippen molar-refractivity contribution in [1.29, 1.82) is 0 Å². The summed E-state index contributed by atoms with van der Waals surface area (Å²) < 4.78 is 0. The predicted octanol–water partition coefficient (Wildman–Crippen LogP) is 5.06. The van der Waals surface area contributed by atoms with Crippen molar-refractivity contribution in [3.05, 3.63) is 42.4 Å². The summed E-state index contributed by atoms with van der Waals surface area (Å²) in [5, 5.41) is 0. The number of terminal acetylenes is 1. The van der Waals surface area contributed by atoms with E-state index in [1.807, 2.05) is 45.2 Å². The highest BCUT2D eigenvalue weighted by Gasteiger charge is 2.54. The summed E-state index contributed by atoms with van der Waals surface area (Å²) in [5.41, 5.74) is 2.16. The summed E-state index contributed by atoms with van der Waals surface area (Å²) in [7, 11) is 0. The predicted molar refractivity (Wildman–Crippen MR) is 108 cm³/mol. The van der Waals surface area contributed by atoms with Crippen LogP contribution in [0.4, 0.5) is 0 Å². The van der Waals surface area contributed by atoms with E-state index in [0.717, 1.165) is 23.5 Å². The first-order valence-electron chi connectivity index (χ1n) is 9.02. The molecule has 1 aliphatic carbocycles. The second kappa shape index (κ2) is 9.82. The highest BCUT2D eigenvalue weighted by atomic mass is 16.2. The lowest BCUT2D eigenvalue weighted by atomic mass is 10.1. The summed E-state index contributed by atoms with van der Waals surface area (Å²) in [6.45, 7) is 5.94. The molecule has 1 aromatic carbocycles. The van der Waals surface area contributed by atoms with Crippen LogP contribution < -0.4 is 0 Å². The van der Waals surface area contributed by atoms with E-state index in [4.69, 9.17) is 0 Å². The van der Waals surface area contributed by atoms with E-state index >= 15 is 0 Å². The topological polar surface area (TPSA) is 49.0 Å². The molecular weight excluding hydrogens is 322 g/mol. The molecule has 2 aromatic rings. The number of imidazole rings is 1. The number of nitrogens with one attached hydrogen (secondary N) is 1. The quantitative estimate of drug-likeness (QED) is 0.784. The van der Waals surface area contributed by atoms with Gasteiger partial charge in [0.2, 0.25) is 5.91 Å². The van der Waals surface area contributed by atoms with E-state index in [-0.39, 0.29) is 19.4 Å². The Bertz CT molecular complexity index is 704. The van der Waals surface area contributed by atoms with E-state index in [9.17, 15) is 4.79 Å². The van der Waals surface area contributed by atoms with Crippen molar-refractivity contribution in [2.24, 2.45) is 5.92 Å². The lowest BCUT2D eigenvalue weighted by Gasteiger charge is -2.25. The van der Waals surface area contributed by atoms with Gasteiger partial charge in [-0.15, -0.1) is 12.8 Å². The first kappa shape index (κ1) is 21.5. The SMILES string of the molecule is C.C#C.CC.CCC(=O)N1C2CC2C[C@H]1c1ncc(-c2ccccc2)[nH]1. The Labute approximate surface area is 158 Å². The Morgan fingerprint density at radius 2 is 1.88 bits per heavy atom. The number of carbonyl (C=O) groups is 1. The molecule has 0 spiro atoms. The van der Waals surface area contributed by atoms with Crippen LogP contribution in [0, 0.1) is 18.8 Å². The summed E-state index contributed by atoms with van der Waals surface area (Å²) in [5.74, 6) is 1.88. The van der Waals surface area contributed by atoms with Crippen LogP contribution in [0.3, 0.4) is 0 Å². The zero-order valence-electron chi connectivity index (χ0n) is 15.3. The fraction of sp³-hybridized carbons (Fsp3) is 0.455. The van der Waals surface area contributed by atoms with E-state index < -0.39 is 0 Å². The zero-order valence-corrected chi connectivity index (χ0v) is 15.3. The number of amides is 1. The van der Waals surface area contributed by atoms with Gasteiger partial charge in [-0.1, -0.05) is 58.5 Å². The number of hydrogen-bond donors (Lipinski definition) is 1. The molecule has 0 bridgehead atoms. The summed E-state index contributed by atoms with van der Waals surface area (Å²) in [4.78, 5) is 22.2. The number of aromatic amines is 1. The monoisotopic (exact) mass is 353 g/mol. The molecule has 1 saturated carbocycles. The highest BCUT2D eigenvalue weighted by Crippen LogP contribution is 2.53. The van der Waals surface area contributed by atoms with Crippen molar-refractivity contribution in [2.75, 3.05) is 0 Å². The molecular formula is C22H31N3O. The largest absolute Gasteiger partial charge is 0.340 e. The highest BCUT2D eigenvalue weighted by molar-refractivity contribution is 5.77. The molecule has 4 nitrogen and oxygen atoms in total. The molecule has 2 aliphatic rings. The third-order valence-electron chi connectivity index (χ3n) is 4.69. The Kier molecular flexibility index (Phi) is 8.12. The first-order valence-corrected chi connectivity index (χ1v) is 9.02. The van der Waals surface area contributed by atoms with Crippen molar-refractivity contribution < 1.29 is 4.79 Å². The Morgan fingerprint density at radius 1 is 1.23 bits per heavy atom. The normalized spacial score (nSPS) is 21.9. The van der Waals surface area contributed by atoms with Gasteiger partial charge in [0.25, 0.3) is 0 Å². The van der Waals surface area contributed by atoms with Gasteiger partial charge >= 0.3 is 0 Å². The van der Waals surface area contributed by atoms with Gasteiger partial charge in [0.15, 0.2) is 0 Å². The Balaban J connectivity index is 0.000000635. The van der Waals surface area contributed by atoms with E-state index in [1.165, 1.54) is 6.42 Å². The Hall–Kier alpha value is -2.54. The summed E-state index contributed by atoms with van der Waals surface area (Å²) >= 11 is 0. The third-order valence-corrected chi connectivity index (χ3v) is 4.69. The number of rotatable bonds is 3. The minimum Gasteiger partial charge on any atom is -0.340 e. The van der Waals surface area contributed by atoms with Crippen molar-refractivity contribution in [3.8, 4) is 24.1 Å².